The number of fused-ring (bicyclic) bond motifs is 3. The van der Waals surface area contributed by atoms with Gasteiger partial charge in [0.2, 0.25) is 0 Å². The van der Waals surface area contributed by atoms with Crippen molar-refractivity contribution < 1.29 is 14.5 Å². The lowest BCUT2D eigenvalue weighted by molar-refractivity contribution is -0.384. The van der Waals surface area contributed by atoms with Crippen molar-refractivity contribution >= 4 is 28.1 Å². The first kappa shape index (κ1) is 17.4. The van der Waals surface area contributed by atoms with E-state index in [1.165, 1.54) is 24.3 Å². The number of carbonyl (C=O) groups is 1. The van der Waals surface area contributed by atoms with Crippen LogP contribution in [0.1, 0.15) is 17.3 Å². The molecule has 0 aliphatic carbocycles. The highest BCUT2D eigenvalue weighted by Crippen LogP contribution is 2.31. The number of nitro groups is 1. The summed E-state index contributed by atoms with van der Waals surface area (Å²) in [6, 6.07) is 12.7. The molecule has 2 aromatic carbocycles. The van der Waals surface area contributed by atoms with Gasteiger partial charge in [-0.2, -0.15) is 9.61 Å². The predicted octanol–water partition coefficient (Wildman–Crippen LogP) is 2.93. The standard InChI is InChI=1S/C19H14N4O5/c1-2-28-18(24)15-16(11-7-9-12(10-8-11)23(26)27)21-22-17(15)13-5-3-4-6-14(13)20-19(22)25/h3-10H,2H2,1H3,(H,20,25). The van der Waals surface area contributed by atoms with Crippen molar-refractivity contribution in [2.24, 2.45) is 0 Å². The Morgan fingerprint density at radius 1 is 1.21 bits per heavy atom. The molecule has 0 radical (unpaired) electrons. The van der Waals surface area contributed by atoms with Crippen LogP contribution >= 0.6 is 0 Å². The smallest absolute Gasteiger partial charge is 0.347 e. The minimum Gasteiger partial charge on any atom is -0.462 e. The van der Waals surface area contributed by atoms with Crippen LogP contribution in [0.2, 0.25) is 0 Å². The highest BCUT2D eigenvalue weighted by atomic mass is 16.6. The molecular formula is C19H14N4O5. The lowest BCUT2D eigenvalue weighted by Gasteiger charge is -2.05. The number of aromatic nitrogens is 3. The molecule has 9 nitrogen and oxygen atoms in total. The normalized spacial score (nSPS) is 11.0. The molecule has 140 valence electrons. The molecule has 1 N–H and O–H groups in total. The Kier molecular flexibility index (Phi) is 4.11. The highest BCUT2D eigenvalue weighted by Gasteiger charge is 2.25. The Hall–Kier alpha value is -4.01. The van der Waals surface area contributed by atoms with E-state index in [4.69, 9.17) is 4.74 Å². The number of rotatable bonds is 4. The maximum absolute atomic E-state index is 12.7. The molecule has 0 fully saturated rings. The van der Waals surface area contributed by atoms with Crippen LogP contribution in [0.15, 0.2) is 53.3 Å². The summed E-state index contributed by atoms with van der Waals surface area (Å²) >= 11 is 0. The van der Waals surface area contributed by atoms with Crippen molar-refractivity contribution in [2.45, 2.75) is 6.92 Å². The third kappa shape index (κ3) is 2.69. The number of hydrogen-bond donors (Lipinski definition) is 1. The maximum atomic E-state index is 12.7. The summed E-state index contributed by atoms with van der Waals surface area (Å²) in [7, 11) is 0. The second-order valence-corrected chi connectivity index (χ2v) is 5.98. The Labute approximate surface area is 157 Å². The highest BCUT2D eigenvalue weighted by molar-refractivity contribution is 6.10. The molecule has 0 unspecified atom stereocenters. The van der Waals surface area contributed by atoms with Crippen molar-refractivity contribution in [3.05, 3.63) is 74.7 Å². The van der Waals surface area contributed by atoms with Gasteiger partial charge in [-0.15, -0.1) is 0 Å². The molecule has 2 aromatic heterocycles. The Balaban J connectivity index is 2.08. The number of benzene rings is 2. The molecule has 0 spiro atoms. The first-order valence-electron chi connectivity index (χ1n) is 8.47. The van der Waals surface area contributed by atoms with Crippen molar-refractivity contribution in [1.82, 2.24) is 14.6 Å². The number of carbonyl (C=O) groups excluding carboxylic acids is 1. The Bertz CT molecular complexity index is 1290. The van der Waals surface area contributed by atoms with Gasteiger partial charge in [-0.3, -0.25) is 10.1 Å². The van der Waals surface area contributed by atoms with Gasteiger partial charge in [0.05, 0.1) is 22.6 Å². The second-order valence-electron chi connectivity index (χ2n) is 5.98. The fourth-order valence-electron chi connectivity index (χ4n) is 3.12. The number of H-pyrrole nitrogens is 1. The number of aromatic amines is 1. The summed E-state index contributed by atoms with van der Waals surface area (Å²) in [5, 5.41) is 15.9. The van der Waals surface area contributed by atoms with Gasteiger partial charge in [-0.05, 0) is 25.1 Å². The third-order valence-electron chi connectivity index (χ3n) is 4.33. The topological polar surface area (TPSA) is 120 Å². The van der Waals surface area contributed by atoms with Gasteiger partial charge in [0.15, 0.2) is 0 Å². The SMILES string of the molecule is CCOC(=O)c1c(-c2ccc([N+](=O)[O-])cc2)nn2c(=O)[nH]c3ccccc3c12. The predicted molar refractivity (Wildman–Crippen MR) is 101 cm³/mol. The lowest BCUT2D eigenvalue weighted by atomic mass is 10.0. The van der Waals surface area contributed by atoms with Gasteiger partial charge >= 0.3 is 11.7 Å². The molecule has 0 amide bonds. The number of non-ortho nitro benzene ring substituents is 1. The number of para-hydroxylation sites is 1. The molecular weight excluding hydrogens is 364 g/mol. The Morgan fingerprint density at radius 3 is 2.61 bits per heavy atom. The fourth-order valence-corrected chi connectivity index (χ4v) is 3.12. The molecule has 9 heteroatoms. The monoisotopic (exact) mass is 378 g/mol. The maximum Gasteiger partial charge on any atom is 0.347 e. The van der Waals surface area contributed by atoms with Crippen LogP contribution in [0.4, 0.5) is 5.69 Å². The van der Waals surface area contributed by atoms with Crippen molar-refractivity contribution in [1.29, 1.82) is 0 Å². The first-order valence-corrected chi connectivity index (χ1v) is 8.47. The summed E-state index contributed by atoms with van der Waals surface area (Å²) in [6.07, 6.45) is 0. The average molecular weight is 378 g/mol. The fraction of sp³-hybridized carbons (Fsp3) is 0.105. The minimum absolute atomic E-state index is 0.0894. The summed E-state index contributed by atoms with van der Waals surface area (Å²) in [6.45, 7) is 1.83. The zero-order valence-electron chi connectivity index (χ0n) is 14.7. The summed E-state index contributed by atoms with van der Waals surface area (Å²) in [5.41, 5.74) is 1.10. The van der Waals surface area contributed by atoms with Crippen LogP contribution < -0.4 is 5.69 Å². The van der Waals surface area contributed by atoms with Gasteiger partial charge in [-0.1, -0.05) is 18.2 Å². The average Bonchev–Trinajstić information content (AvgIpc) is 3.10. The van der Waals surface area contributed by atoms with E-state index in [2.05, 4.69) is 10.1 Å². The number of ether oxygens (including phenoxy) is 1. The molecule has 28 heavy (non-hydrogen) atoms. The van der Waals surface area contributed by atoms with Crippen molar-refractivity contribution in [3.8, 4) is 11.3 Å². The minimum atomic E-state index is -0.624. The van der Waals surface area contributed by atoms with Gasteiger partial charge in [0.25, 0.3) is 5.69 Å². The quantitative estimate of drug-likeness (QED) is 0.331. The van der Waals surface area contributed by atoms with E-state index in [1.54, 1.807) is 31.2 Å². The molecule has 0 aliphatic rings. The van der Waals surface area contributed by atoms with Gasteiger partial charge in [0.1, 0.15) is 11.3 Å². The van der Waals surface area contributed by atoms with Crippen LogP contribution in [0.3, 0.4) is 0 Å². The molecule has 4 rings (SSSR count). The zero-order chi connectivity index (χ0) is 19.8. The van der Waals surface area contributed by atoms with E-state index in [1.807, 2.05) is 0 Å². The summed E-state index contributed by atoms with van der Waals surface area (Å²) in [4.78, 5) is 38.4. The van der Waals surface area contributed by atoms with Crippen LogP contribution in [0, 0.1) is 10.1 Å². The van der Waals surface area contributed by atoms with Crippen LogP contribution in [0.25, 0.3) is 27.7 Å². The Morgan fingerprint density at radius 2 is 1.93 bits per heavy atom. The van der Waals surface area contributed by atoms with Gasteiger partial charge in [-0.25, -0.2) is 9.59 Å². The zero-order valence-corrected chi connectivity index (χ0v) is 14.7. The number of nitro benzene ring substituents is 1. The summed E-state index contributed by atoms with van der Waals surface area (Å²) in [5.74, 6) is -0.624. The second kappa shape index (κ2) is 6.62. The van der Waals surface area contributed by atoms with Gasteiger partial charge < -0.3 is 9.72 Å². The third-order valence-corrected chi connectivity index (χ3v) is 4.33. The molecule has 0 atom stereocenters. The lowest BCUT2D eigenvalue weighted by Crippen LogP contribution is -2.17. The molecule has 0 saturated heterocycles. The molecule has 0 bridgehead atoms. The van der Waals surface area contributed by atoms with E-state index in [9.17, 15) is 19.7 Å². The number of hydrogen-bond acceptors (Lipinski definition) is 6. The number of nitrogens with zero attached hydrogens (tertiary/aromatic N) is 3. The number of esters is 1. The van der Waals surface area contributed by atoms with Crippen LogP contribution in [-0.4, -0.2) is 32.1 Å². The van der Waals surface area contributed by atoms with E-state index in [0.29, 0.717) is 22.0 Å². The molecule has 0 aliphatic heterocycles. The van der Waals surface area contributed by atoms with E-state index >= 15 is 0 Å². The van der Waals surface area contributed by atoms with Crippen molar-refractivity contribution in [3.63, 3.8) is 0 Å². The van der Waals surface area contributed by atoms with E-state index in [0.717, 1.165) is 4.52 Å². The van der Waals surface area contributed by atoms with Crippen molar-refractivity contribution in [2.75, 3.05) is 6.61 Å². The van der Waals surface area contributed by atoms with Crippen LogP contribution in [-0.2, 0) is 4.74 Å². The number of nitrogens with one attached hydrogen (secondary N) is 1. The van der Waals surface area contributed by atoms with Crippen LogP contribution in [0.5, 0.6) is 0 Å². The van der Waals surface area contributed by atoms with E-state index < -0.39 is 16.6 Å². The summed E-state index contributed by atoms with van der Waals surface area (Å²) < 4.78 is 6.31. The largest absolute Gasteiger partial charge is 0.462 e. The first-order chi connectivity index (χ1) is 13.5. The molecule has 0 saturated carbocycles. The van der Waals surface area contributed by atoms with Gasteiger partial charge in [0, 0.05) is 23.1 Å². The van der Waals surface area contributed by atoms with E-state index in [-0.39, 0.29) is 23.6 Å². The molecule has 2 heterocycles. The molecule has 4 aromatic rings.